The molecule has 0 aromatic carbocycles. The summed E-state index contributed by atoms with van der Waals surface area (Å²) >= 11 is 0. The standard InChI is InChI=1S/C12H22N2O2/c1-12(2,3)16-11(15)14-7-5-10-9(8-14)4-6-13-10/h9-10,13H,4-8H2,1-3H3/t9-,10+/m0/s1. The Balaban J connectivity index is 1.89. The van der Waals surface area contributed by atoms with Gasteiger partial charge in [-0.25, -0.2) is 4.79 Å². The zero-order valence-corrected chi connectivity index (χ0v) is 10.5. The zero-order valence-electron chi connectivity index (χ0n) is 10.5. The largest absolute Gasteiger partial charge is 0.444 e. The number of hydrogen-bond acceptors (Lipinski definition) is 3. The molecule has 4 nitrogen and oxygen atoms in total. The monoisotopic (exact) mass is 226 g/mol. The molecule has 2 saturated heterocycles. The van der Waals surface area contributed by atoms with Crippen LogP contribution in [-0.4, -0.2) is 42.3 Å². The van der Waals surface area contributed by atoms with Crippen LogP contribution in [0.1, 0.15) is 33.6 Å². The van der Waals surface area contributed by atoms with E-state index in [1.807, 2.05) is 25.7 Å². The van der Waals surface area contributed by atoms with Gasteiger partial charge < -0.3 is 15.0 Å². The van der Waals surface area contributed by atoms with Crippen molar-refractivity contribution in [3.05, 3.63) is 0 Å². The van der Waals surface area contributed by atoms with Crippen molar-refractivity contribution >= 4 is 6.09 Å². The Morgan fingerprint density at radius 2 is 2.12 bits per heavy atom. The Morgan fingerprint density at radius 1 is 1.38 bits per heavy atom. The molecule has 0 aromatic heterocycles. The van der Waals surface area contributed by atoms with Crippen molar-refractivity contribution in [1.82, 2.24) is 10.2 Å². The fourth-order valence-corrected chi connectivity index (χ4v) is 2.54. The van der Waals surface area contributed by atoms with Crippen LogP contribution in [0, 0.1) is 5.92 Å². The van der Waals surface area contributed by atoms with Crippen molar-refractivity contribution < 1.29 is 9.53 Å². The summed E-state index contributed by atoms with van der Waals surface area (Å²) < 4.78 is 5.39. The van der Waals surface area contributed by atoms with E-state index in [0.717, 1.165) is 26.1 Å². The van der Waals surface area contributed by atoms with Crippen molar-refractivity contribution in [2.75, 3.05) is 19.6 Å². The first-order chi connectivity index (χ1) is 7.46. The number of fused-ring (bicyclic) bond motifs is 1. The summed E-state index contributed by atoms with van der Waals surface area (Å²) in [7, 11) is 0. The van der Waals surface area contributed by atoms with E-state index in [1.165, 1.54) is 6.42 Å². The predicted molar refractivity (Wildman–Crippen MR) is 62.3 cm³/mol. The van der Waals surface area contributed by atoms with Crippen LogP contribution in [0.25, 0.3) is 0 Å². The van der Waals surface area contributed by atoms with E-state index in [4.69, 9.17) is 4.74 Å². The Hall–Kier alpha value is -0.770. The number of nitrogens with one attached hydrogen (secondary N) is 1. The van der Waals surface area contributed by atoms with Crippen LogP contribution in [0.5, 0.6) is 0 Å². The summed E-state index contributed by atoms with van der Waals surface area (Å²) in [6.45, 7) is 8.51. The van der Waals surface area contributed by atoms with Gasteiger partial charge in [0, 0.05) is 19.1 Å². The number of piperidine rings is 1. The van der Waals surface area contributed by atoms with Gasteiger partial charge >= 0.3 is 6.09 Å². The molecule has 0 radical (unpaired) electrons. The summed E-state index contributed by atoms with van der Waals surface area (Å²) in [6.07, 6.45) is 2.09. The number of rotatable bonds is 0. The molecule has 0 aromatic rings. The maximum Gasteiger partial charge on any atom is 0.410 e. The Kier molecular flexibility index (Phi) is 3.10. The summed E-state index contributed by atoms with van der Waals surface area (Å²) in [5, 5.41) is 3.49. The third-order valence-electron chi connectivity index (χ3n) is 3.31. The third-order valence-corrected chi connectivity index (χ3v) is 3.31. The average molecular weight is 226 g/mol. The van der Waals surface area contributed by atoms with Gasteiger partial charge in [0.15, 0.2) is 0 Å². The lowest BCUT2D eigenvalue weighted by Gasteiger charge is -2.35. The summed E-state index contributed by atoms with van der Waals surface area (Å²) in [5.74, 6) is 0.626. The predicted octanol–water partition coefficient (Wildman–Crippen LogP) is 1.61. The van der Waals surface area contributed by atoms with Crippen LogP contribution in [0.3, 0.4) is 0 Å². The second kappa shape index (κ2) is 4.24. The van der Waals surface area contributed by atoms with Crippen LogP contribution in [0.2, 0.25) is 0 Å². The molecule has 0 unspecified atom stereocenters. The smallest absolute Gasteiger partial charge is 0.410 e. The van der Waals surface area contributed by atoms with E-state index in [0.29, 0.717) is 12.0 Å². The molecule has 2 aliphatic rings. The minimum absolute atomic E-state index is 0.155. The van der Waals surface area contributed by atoms with E-state index in [-0.39, 0.29) is 11.7 Å². The molecule has 2 heterocycles. The molecule has 2 atom stereocenters. The number of nitrogens with zero attached hydrogens (tertiary/aromatic N) is 1. The van der Waals surface area contributed by atoms with Crippen LogP contribution >= 0.6 is 0 Å². The fraction of sp³-hybridized carbons (Fsp3) is 0.917. The Bertz CT molecular complexity index is 273. The summed E-state index contributed by atoms with van der Waals surface area (Å²) in [5.41, 5.74) is -0.387. The van der Waals surface area contributed by atoms with Crippen molar-refractivity contribution in [2.24, 2.45) is 5.92 Å². The van der Waals surface area contributed by atoms with Crippen molar-refractivity contribution in [3.8, 4) is 0 Å². The molecule has 0 aliphatic carbocycles. The van der Waals surface area contributed by atoms with Gasteiger partial charge in [-0.3, -0.25) is 0 Å². The fourth-order valence-electron chi connectivity index (χ4n) is 2.54. The quantitative estimate of drug-likeness (QED) is 0.682. The lowest BCUT2D eigenvalue weighted by atomic mass is 9.94. The lowest BCUT2D eigenvalue weighted by Crippen LogP contribution is -2.48. The molecular weight excluding hydrogens is 204 g/mol. The maximum atomic E-state index is 11.9. The topological polar surface area (TPSA) is 41.6 Å². The first-order valence-electron chi connectivity index (χ1n) is 6.17. The summed E-state index contributed by atoms with van der Waals surface area (Å²) in [4.78, 5) is 13.7. The molecule has 2 aliphatic heterocycles. The molecule has 4 heteroatoms. The van der Waals surface area contributed by atoms with E-state index in [2.05, 4.69) is 5.32 Å². The van der Waals surface area contributed by atoms with E-state index >= 15 is 0 Å². The van der Waals surface area contributed by atoms with Gasteiger partial charge in [-0.15, -0.1) is 0 Å². The van der Waals surface area contributed by atoms with Crippen molar-refractivity contribution in [2.45, 2.75) is 45.3 Å². The van der Waals surface area contributed by atoms with Crippen LogP contribution in [-0.2, 0) is 4.74 Å². The minimum Gasteiger partial charge on any atom is -0.444 e. The van der Waals surface area contributed by atoms with Crippen LogP contribution in [0.4, 0.5) is 4.79 Å². The highest BCUT2D eigenvalue weighted by molar-refractivity contribution is 5.68. The number of amides is 1. The second-order valence-electron chi connectivity index (χ2n) is 5.82. The van der Waals surface area contributed by atoms with E-state index in [1.54, 1.807) is 0 Å². The molecule has 0 spiro atoms. The van der Waals surface area contributed by atoms with Crippen molar-refractivity contribution in [3.63, 3.8) is 0 Å². The number of carbonyl (C=O) groups is 1. The third kappa shape index (κ3) is 2.67. The van der Waals surface area contributed by atoms with Gasteiger partial charge in [0.2, 0.25) is 0 Å². The van der Waals surface area contributed by atoms with Gasteiger partial charge in [-0.05, 0) is 46.1 Å². The number of ether oxygens (including phenoxy) is 1. The zero-order chi connectivity index (χ0) is 11.8. The number of likely N-dealkylation sites (tertiary alicyclic amines) is 1. The molecule has 1 N–H and O–H groups in total. The highest BCUT2D eigenvalue weighted by Gasteiger charge is 2.35. The van der Waals surface area contributed by atoms with Gasteiger partial charge in [-0.1, -0.05) is 0 Å². The first-order valence-corrected chi connectivity index (χ1v) is 6.17. The highest BCUT2D eigenvalue weighted by atomic mass is 16.6. The molecule has 0 bridgehead atoms. The molecule has 1 amide bonds. The summed E-state index contributed by atoms with van der Waals surface area (Å²) in [6, 6.07) is 0.624. The number of carbonyl (C=O) groups excluding carboxylic acids is 1. The minimum atomic E-state index is -0.387. The highest BCUT2D eigenvalue weighted by Crippen LogP contribution is 2.25. The Morgan fingerprint density at radius 3 is 2.81 bits per heavy atom. The van der Waals surface area contributed by atoms with Gasteiger partial charge in [0.05, 0.1) is 0 Å². The number of hydrogen-bond donors (Lipinski definition) is 1. The van der Waals surface area contributed by atoms with Crippen LogP contribution in [0.15, 0.2) is 0 Å². The molecular formula is C12H22N2O2. The lowest BCUT2D eigenvalue weighted by molar-refractivity contribution is 0.0157. The van der Waals surface area contributed by atoms with Gasteiger partial charge in [-0.2, -0.15) is 0 Å². The van der Waals surface area contributed by atoms with Crippen molar-refractivity contribution in [1.29, 1.82) is 0 Å². The first kappa shape index (κ1) is 11.7. The second-order valence-corrected chi connectivity index (χ2v) is 5.82. The van der Waals surface area contributed by atoms with E-state index in [9.17, 15) is 4.79 Å². The van der Waals surface area contributed by atoms with Gasteiger partial charge in [0.1, 0.15) is 5.60 Å². The maximum absolute atomic E-state index is 11.9. The molecule has 0 saturated carbocycles. The van der Waals surface area contributed by atoms with Gasteiger partial charge in [0.25, 0.3) is 0 Å². The average Bonchev–Trinajstić information content (AvgIpc) is 2.61. The normalized spacial score (nSPS) is 30.1. The molecule has 92 valence electrons. The molecule has 16 heavy (non-hydrogen) atoms. The van der Waals surface area contributed by atoms with E-state index < -0.39 is 0 Å². The molecule has 2 fully saturated rings. The SMILES string of the molecule is CC(C)(C)OC(=O)N1CC[C@H]2NCC[C@H]2C1. The molecule has 2 rings (SSSR count). The Labute approximate surface area is 97.3 Å². The van der Waals surface area contributed by atoms with Crippen LogP contribution < -0.4 is 5.32 Å².